The van der Waals surface area contributed by atoms with E-state index in [2.05, 4.69) is 12.2 Å². The zero-order valence-corrected chi connectivity index (χ0v) is 12.5. The Labute approximate surface area is 117 Å². The predicted octanol–water partition coefficient (Wildman–Crippen LogP) is 2.22. The average molecular weight is 270 g/mol. The first-order valence-electron chi connectivity index (χ1n) is 7.69. The van der Waals surface area contributed by atoms with Gasteiger partial charge in [0, 0.05) is 19.6 Å². The maximum Gasteiger partial charge on any atom is 0.220 e. The molecule has 0 spiro atoms. The molecular formula is C15H30N2O2. The van der Waals surface area contributed by atoms with Crippen LogP contribution in [0.3, 0.4) is 0 Å². The van der Waals surface area contributed by atoms with Crippen molar-refractivity contribution in [2.45, 2.75) is 70.4 Å². The molecule has 1 amide bonds. The number of methoxy groups -OCH3 is 1. The highest BCUT2D eigenvalue weighted by molar-refractivity contribution is 5.76. The van der Waals surface area contributed by atoms with Crippen molar-refractivity contribution in [3.05, 3.63) is 0 Å². The highest BCUT2D eigenvalue weighted by Gasteiger charge is 2.19. The van der Waals surface area contributed by atoms with Gasteiger partial charge in [0.2, 0.25) is 5.91 Å². The Morgan fingerprint density at radius 3 is 2.63 bits per heavy atom. The summed E-state index contributed by atoms with van der Waals surface area (Å²) in [4.78, 5) is 11.9. The van der Waals surface area contributed by atoms with Crippen molar-refractivity contribution in [2.24, 2.45) is 11.7 Å². The zero-order valence-electron chi connectivity index (χ0n) is 12.5. The summed E-state index contributed by atoms with van der Waals surface area (Å²) in [7, 11) is 1.68. The van der Waals surface area contributed by atoms with E-state index in [-0.39, 0.29) is 11.9 Å². The molecule has 1 aliphatic rings. The summed E-state index contributed by atoms with van der Waals surface area (Å²) in [5.41, 5.74) is 5.89. The van der Waals surface area contributed by atoms with Gasteiger partial charge in [0.1, 0.15) is 0 Å². The molecule has 1 saturated carbocycles. The number of rotatable bonds is 8. The summed E-state index contributed by atoms with van der Waals surface area (Å²) in [6.45, 7) is 2.73. The number of ether oxygens (including phenoxy) is 1. The first-order chi connectivity index (χ1) is 9.15. The number of nitrogens with two attached hydrogens (primary N) is 1. The normalized spacial score (nSPS) is 25.0. The number of amides is 1. The van der Waals surface area contributed by atoms with Crippen molar-refractivity contribution < 1.29 is 9.53 Å². The van der Waals surface area contributed by atoms with E-state index in [9.17, 15) is 4.79 Å². The molecule has 1 fully saturated rings. The fourth-order valence-electron chi connectivity index (χ4n) is 2.86. The lowest BCUT2D eigenvalue weighted by Gasteiger charge is -2.26. The molecule has 1 aliphatic carbocycles. The monoisotopic (exact) mass is 270 g/mol. The van der Waals surface area contributed by atoms with E-state index in [4.69, 9.17) is 10.5 Å². The topological polar surface area (TPSA) is 64.3 Å². The van der Waals surface area contributed by atoms with Gasteiger partial charge in [0.05, 0.1) is 12.6 Å². The number of nitrogens with one attached hydrogen (secondary N) is 1. The molecule has 1 atom stereocenters. The summed E-state index contributed by atoms with van der Waals surface area (Å²) in [6.07, 6.45) is 8.31. The van der Waals surface area contributed by atoms with Crippen LogP contribution in [0.2, 0.25) is 0 Å². The standard InChI is InChI=1S/C15H30N2O2/c1-3-4-14(11-19-2)17-15(18)10-7-12-5-8-13(16)9-6-12/h12-14H,3-11,16H2,1-2H3,(H,17,18). The average Bonchev–Trinajstić information content (AvgIpc) is 2.39. The molecule has 0 aliphatic heterocycles. The van der Waals surface area contributed by atoms with Crippen LogP contribution in [0.25, 0.3) is 0 Å². The second kappa shape index (κ2) is 9.32. The van der Waals surface area contributed by atoms with E-state index in [0.717, 1.165) is 32.1 Å². The molecule has 4 nitrogen and oxygen atoms in total. The minimum atomic E-state index is 0.169. The van der Waals surface area contributed by atoms with Crippen LogP contribution in [0, 0.1) is 5.92 Å². The Balaban J connectivity index is 2.19. The number of carbonyl (C=O) groups excluding carboxylic acids is 1. The molecular weight excluding hydrogens is 240 g/mol. The van der Waals surface area contributed by atoms with Gasteiger partial charge in [-0.2, -0.15) is 0 Å². The largest absolute Gasteiger partial charge is 0.383 e. The molecule has 0 aromatic heterocycles. The molecule has 0 heterocycles. The smallest absolute Gasteiger partial charge is 0.220 e. The molecule has 1 unspecified atom stereocenters. The van der Waals surface area contributed by atoms with Gasteiger partial charge >= 0.3 is 0 Å². The van der Waals surface area contributed by atoms with E-state index in [1.807, 2.05) is 0 Å². The van der Waals surface area contributed by atoms with Crippen molar-refractivity contribution in [3.63, 3.8) is 0 Å². The van der Waals surface area contributed by atoms with Gasteiger partial charge in [-0.3, -0.25) is 4.79 Å². The van der Waals surface area contributed by atoms with E-state index in [1.165, 1.54) is 12.8 Å². The third-order valence-corrected chi connectivity index (χ3v) is 4.04. The Morgan fingerprint density at radius 2 is 2.05 bits per heavy atom. The molecule has 0 aromatic carbocycles. The van der Waals surface area contributed by atoms with Crippen molar-refractivity contribution in [3.8, 4) is 0 Å². The van der Waals surface area contributed by atoms with Crippen LogP contribution in [0.15, 0.2) is 0 Å². The number of hydrogen-bond acceptors (Lipinski definition) is 3. The molecule has 0 aromatic rings. The van der Waals surface area contributed by atoms with Crippen molar-refractivity contribution in [1.29, 1.82) is 0 Å². The van der Waals surface area contributed by atoms with E-state index in [0.29, 0.717) is 25.0 Å². The second-order valence-corrected chi connectivity index (χ2v) is 5.83. The second-order valence-electron chi connectivity index (χ2n) is 5.83. The SMILES string of the molecule is CCCC(COC)NC(=O)CCC1CCC(N)CC1. The summed E-state index contributed by atoms with van der Waals surface area (Å²) in [5.74, 6) is 0.864. The molecule has 4 heteroatoms. The zero-order chi connectivity index (χ0) is 14.1. The van der Waals surface area contributed by atoms with Gasteiger partial charge in [0.15, 0.2) is 0 Å². The molecule has 1 rings (SSSR count). The lowest BCUT2D eigenvalue weighted by atomic mass is 9.84. The van der Waals surface area contributed by atoms with Crippen LogP contribution in [0.5, 0.6) is 0 Å². The number of hydrogen-bond donors (Lipinski definition) is 2. The molecule has 3 N–H and O–H groups in total. The van der Waals surface area contributed by atoms with Crippen molar-refractivity contribution >= 4 is 5.91 Å². The number of carbonyl (C=O) groups is 1. The first-order valence-corrected chi connectivity index (χ1v) is 7.69. The maximum atomic E-state index is 11.9. The molecule has 0 radical (unpaired) electrons. The third-order valence-electron chi connectivity index (χ3n) is 4.04. The van der Waals surface area contributed by atoms with Crippen LogP contribution >= 0.6 is 0 Å². The van der Waals surface area contributed by atoms with Crippen molar-refractivity contribution in [1.82, 2.24) is 5.32 Å². The van der Waals surface area contributed by atoms with Gasteiger partial charge < -0.3 is 15.8 Å². The van der Waals surface area contributed by atoms with Crippen LogP contribution < -0.4 is 11.1 Å². The minimum absolute atomic E-state index is 0.169. The minimum Gasteiger partial charge on any atom is -0.383 e. The van der Waals surface area contributed by atoms with Gasteiger partial charge in [-0.25, -0.2) is 0 Å². The highest BCUT2D eigenvalue weighted by Crippen LogP contribution is 2.26. The van der Waals surface area contributed by atoms with Gasteiger partial charge in [-0.1, -0.05) is 13.3 Å². The van der Waals surface area contributed by atoms with E-state index in [1.54, 1.807) is 7.11 Å². The Bertz CT molecular complexity index is 245. The quantitative estimate of drug-likeness (QED) is 0.711. The summed E-state index contributed by atoms with van der Waals surface area (Å²) in [6, 6.07) is 0.558. The Hall–Kier alpha value is -0.610. The lowest BCUT2D eigenvalue weighted by Crippen LogP contribution is -2.38. The first kappa shape index (κ1) is 16.4. The maximum absolute atomic E-state index is 11.9. The van der Waals surface area contributed by atoms with Crippen molar-refractivity contribution in [2.75, 3.05) is 13.7 Å². The Morgan fingerprint density at radius 1 is 1.37 bits per heavy atom. The van der Waals surface area contributed by atoms with Gasteiger partial charge in [0.25, 0.3) is 0 Å². The summed E-state index contributed by atoms with van der Waals surface area (Å²) < 4.78 is 5.14. The Kier molecular flexibility index (Phi) is 8.07. The van der Waals surface area contributed by atoms with Crippen LogP contribution in [0.4, 0.5) is 0 Å². The molecule has 112 valence electrons. The van der Waals surface area contributed by atoms with E-state index >= 15 is 0 Å². The molecule has 0 saturated heterocycles. The summed E-state index contributed by atoms with van der Waals surface area (Å²) in [5, 5.41) is 3.08. The van der Waals surface area contributed by atoms with E-state index < -0.39 is 0 Å². The third kappa shape index (κ3) is 6.92. The fourth-order valence-corrected chi connectivity index (χ4v) is 2.86. The van der Waals surface area contributed by atoms with Crippen LogP contribution in [0.1, 0.15) is 58.3 Å². The molecule has 0 bridgehead atoms. The lowest BCUT2D eigenvalue weighted by molar-refractivity contribution is -0.122. The van der Waals surface area contributed by atoms with Crippen LogP contribution in [-0.2, 0) is 9.53 Å². The van der Waals surface area contributed by atoms with Gasteiger partial charge in [-0.05, 0) is 44.4 Å². The fraction of sp³-hybridized carbons (Fsp3) is 0.933. The highest BCUT2D eigenvalue weighted by atomic mass is 16.5. The van der Waals surface area contributed by atoms with Crippen LogP contribution in [-0.4, -0.2) is 31.7 Å². The van der Waals surface area contributed by atoms with Gasteiger partial charge in [-0.15, -0.1) is 0 Å². The molecule has 19 heavy (non-hydrogen) atoms. The summed E-state index contributed by atoms with van der Waals surface area (Å²) >= 11 is 0. The predicted molar refractivity (Wildman–Crippen MR) is 77.9 cm³/mol.